The Morgan fingerprint density at radius 2 is 1.43 bits per heavy atom. The minimum absolute atomic E-state index is 0.0323. The zero-order chi connectivity index (χ0) is 21.6. The quantitative estimate of drug-likeness (QED) is 0.581. The van der Waals surface area contributed by atoms with Crippen LogP contribution in [0.15, 0.2) is 89.8 Å². The van der Waals surface area contributed by atoms with E-state index in [1.54, 1.807) is 24.3 Å². The normalized spacial score (nSPS) is 12.4. The summed E-state index contributed by atoms with van der Waals surface area (Å²) in [6.07, 6.45) is 0. The summed E-state index contributed by atoms with van der Waals surface area (Å²) in [6, 6.07) is 24.5. The molecule has 0 aromatic heterocycles. The Bertz CT molecular complexity index is 1070. The number of carbonyl (C=O) groups is 1. The van der Waals surface area contributed by atoms with Crippen LogP contribution in [0.1, 0.15) is 22.0 Å². The van der Waals surface area contributed by atoms with E-state index in [0.29, 0.717) is 17.8 Å². The Hall–Kier alpha value is -3.16. The van der Waals surface area contributed by atoms with Crippen LogP contribution in [0.2, 0.25) is 0 Å². The number of rotatable bonds is 8. The van der Waals surface area contributed by atoms with Gasteiger partial charge in [-0.05, 0) is 56.1 Å². The molecule has 0 fully saturated rings. The summed E-state index contributed by atoms with van der Waals surface area (Å²) in [4.78, 5) is 14.7. The van der Waals surface area contributed by atoms with E-state index in [4.69, 9.17) is 0 Å². The monoisotopic (exact) mass is 423 g/mol. The van der Waals surface area contributed by atoms with Crippen LogP contribution >= 0.6 is 0 Å². The molecule has 0 radical (unpaired) electrons. The predicted octanol–water partition coefficient (Wildman–Crippen LogP) is 3.52. The maximum absolute atomic E-state index is 12.6. The molecule has 0 aliphatic carbocycles. The molecule has 156 valence electrons. The van der Waals surface area contributed by atoms with Crippen LogP contribution < -0.4 is 10.0 Å². The van der Waals surface area contributed by atoms with Crippen molar-refractivity contribution in [1.29, 1.82) is 0 Å². The van der Waals surface area contributed by atoms with Gasteiger partial charge in [-0.1, -0.05) is 48.5 Å². The van der Waals surface area contributed by atoms with Crippen molar-refractivity contribution in [3.63, 3.8) is 0 Å². The van der Waals surface area contributed by atoms with Gasteiger partial charge in [-0.25, -0.2) is 8.42 Å². The third-order valence-electron chi connectivity index (χ3n) is 4.72. The molecule has 7 heteroatoms. The molecular formula is C23H25N3O3S. The van der Waals surface area contributed by atoms with Gasteiger partial charge < -0.3 is 10.2 Å². The van der Waals surface area contributed by atoms with Gasteiger partial charge in [0.15, 0.2) is 0 Å². The number of carbonyl (C=O) groups excluding carboxylic acids is 1. The third kappa shape index (κ3) is 5.46. The first-order valence-corrected chi connectivity index (χ1v) is 11.0. The topological polar surface area (TPSA) is 78.5 Å². The van der Waals surface area contributed by atoms with Crippen molar-refractivity contribution in [3.8, 4) is 0 Å². The van der Waals surface area contributed by atoms with Gasteiger partial charge in [0.05, 0.1) is 10.9 Å². The Morgan fingerprint density at radius 3 is 2.00 bits per heavy atom. The van der Waals surface area contributed by atoms with Gasteiger partial charge in [0.1, 0.15) is 0 Å². The molecule has 0 unspecified atom stereocenters. The number of likely N-dealkylation sites (N-methyl/N-ethyl adjacent to an activating group) is 1. The van der Waals surface area contributed by atoms with Crippen molar-refractivity contribution in [2.45, 2.75) is 10.9 Å². The second-order valence-electron chi connectivity index (χ2n) is 7.10. The van der Waals surface area contributed by atoms with Crippen LogP contribution in [-0.2, 0) is 10.0 Å². The van der Waals surface area contributed by atoms with Gasteiger partial charge in [-0.2, -0.15) is 0 Å². The van der Waals surface area contributed by atoms with Crippen LogP contribution in [0.4, 0.5) is 5.69 Å². The SMILES string of the molecule is CN(C)[C@@H](CNC(=O)c1ccc(S(=O)(=O)Nc2ccccc2)cc1)c1ccccc1. The van der Waals surface area contributed by atoms with Gasteiger partial charge in [0.2, 0.25) is 0 Å². The lowest BCUT2D eigenvalue weighted by Gasteiger charge is -2.25. The number of para-hydroxylation sites is 1. The van der Waals surface area contributed by atoms with E-state index in [0.717, 1.165) is 5.56 Å². The lowest BCUT2D eigenvalue weighted by atomic mass is 10.1. The first-order chi connectivity index (χ1) is 14.4. The first-order valence-electron chi connectivity index (χ1n) is 9.54. The van der Waals surface area contributed by atoms with E-state index < -0.39 is 10.0 Å². The Labute approximate surface area is 177 Å². The number of hydrogen-bond acceptors (Lipinski definition) is 4. The van der Waals surface area contributed by atoms with Crippen molar-refractivity contribution in [1.82, 2.24) is 10.2 Å². The number of anilines is 1. The smallest absolute Gasteiger partial charge is 0.261 e. The largest absolute Gasteiger partial charge is 0.350 e. The van der Waals surface area contributed by atoms with Crippen molar-refractivity contribution in [3.05, 3.63) is 96.1 Å². The highest BCUT2D eigenvalue weighted by Crippen LogP contribution is 2.18. The predicted molar refractivity (Wildman–Crippen MR) is 119 cm³/mol. The summed E-state index contributed by atoms with van der Waals surface area (Å²) in [5.74, 6) is -0.252. The molecule has 30 heavy (non-hydrogen) atoms. The molecule has 0 saturated carbocycles. The number of nitrogens with zero attached hydrogens (tertiary/aromatic N) is 1. The maximum atomic E-state index is 12.6. The third-order valence-corrected chi connectivity index (χ3v) is 6.11. The minimum atomic E-state index is -3.72. The molecule has 0 saturated heterocycles. The van der Waals surface area contributed by atoms with Gasteiger partial charge in [0.25, 0.3) is 15.9 Å². The van der Waals surface area contributed by atoms with Gasteiger partial charge in [-0.3, -0.25) is 9.52 Å². The standard InChI is InChI=1S/C23H25N3O3S/c1-26(2)22(18-9-5-3-6-10-18)17-24-23(27)19-13-15-21(16-14-19)30(28,29)25-20-11-7-4-8-12-20/h3-16,22,25H,17H2,1-2H3,(H,24,27)/t22-/m0/s1. The first kappa shape index (κ1) is 21.5. The van der Waals surface area contributed by atoms with Gasteiger partial charge in [-0.15, -0.1) is 0 Å². The summed E-state index contributed by atoms with van der Waals surface area (Å²) in [5, 5.41) is 2.93. The van der Waals surface area contributed by atoms with Crippen molar-refractivity contribution >= 4 is 21.6 Å². The summed E-state index contributed by atoms with van der Waals surface area (Å²) < 4.78 is 27.5. The number of nitrogens with one attached hydrogen (secondary N) is 2. The van der Waals surface area contributed by atoms with Crippen LogP contribution in [-0.4, -0.2) is 39.9 Å². The van der Waals surface area contributed by atoms with E-state index in [9.17, 15) is 13.2 Å². The van der Waals surface area contributed by atoms with E-state index in [-0.39, 0.29) is 16.8 Å². The molecule has 1 atom stereocenters. The Kier molecular flexibility index (Phi) is 6.87. The maximum Gasteiger partial charge on any atom is 0.261 e. The lowest BCUT2D eigenvalue weighted by molar-refractivity contribution is 0.0942. The minimum Gasteiger partial charge on any atom is -0.350 e. The van der Waals surface area contributed by atoms with E-state index in [2.05, 4.69) is 10.0 Å². The zero-order valence-electron chi connectivity index (χ0n) is 16.9. The summed E-state index contributed by atoms with van der Waals surface area (Å²) in [6.45, 7) is 0.436. The van der Waals surface area contributed by atoms with E-state index in [1.165, 1.54) is 24.3 Å². The molecule has 0 aliphatic heterocycles. The number of hydrogen-bond donors (Lipinski definition) is 2. The number of amides is 1. The molecule has 0 bridgehead atoms. The van der Waals surface area contributed by atoms with Crippen LogP contribution in [0.3, 0.4) is 0 Å². The number of sulfonamides is 1. The van der Waals surface area contributed by atoms with E-state index >= 15 is 0 Å². The molecule has 6 nitrogen and oxygen atoms in total. The highest BCUT2D eigenvalue weighted by atomic mass is 32.2. The Morgan fingerprint density at radius 1 is 0.867 bits per heavy atom. The molecule has 0 heterocycles. The van der Waals surface area contributed by atoms with Crippen molar-refractivity contribution in [2.75, 3.05) is 25.4 Å². The molecule has 3 rings (SSSR count). The molecular weight excluding hydrogens is 398 g/mol. The lowest BCUT2D eigenvalue weighted by Crippen LogP contribution is -2.34. The average molecular weight is 424 g/mol. The van der Waals surface area contributed by atoms with E-state index in [1.807, 2.05) is 55.4 Å². The molecule has 2 N–H and O–H groups in total. The fraction of sp³-hybridized carbons (Fsp3) is 0.174. The molecule has 0 aliphatic rings. The Balaban J connectivity index is 1.66. The highest BCUT2D eigenvalue weighted by molar-refractivity contribution is 7.92. The van der Waals surface area contributed by atoms with Gasteiger partial charge >= 0.3 is 0 Å². The number of benzene rings is 3. The second-order valence-corrected chi connectivity index (χ2v) is 8.78. The van der Waals surface area contributed by atoms with Gasteiger partial charge in [0, 0.05) is 17.8 Å². The van der Waals surface area contributed by atoms with Crippen molar-refractivity contribution < 1.29 is 13.2 Å². The zero-order valence-corrected chi connectivity index (χ0v) is 17.8. The fourth-order valence-corrected chi connectivity index (χ4v) is 4.13. The fourth-order valence-electron chi connectivity index (χ4n) is 3.07. The highest BCUT2D eigenvalue weighted by Gasteiger charge is 2.17. The molecule has 3 aromatic rings. The average Bonchev–Trinajstić information content (AvgIpc) is 2.75. The summed E-state index contributed by atoms with van der Waals surface area (Å²) in [7, 11) is 0.206. The molecule has 3 aromatic carbocycles. The summed E-state index contributed by atoms with van der Waals surface area (Å²) in [5.41, 5.74) is 1.99. The molecule has 1 amide bonds. The summed E-state index contributed by atoms with van der Waals surface area (Å²) >= 11 is 0. The van der Waals surface area contributed by atoms with Crippen LogP contribution in [0.5, 0.6) is 0 Å². The van der Waals surface area contributed by atoms with Crippen LogP contribution in [0.25, 0.3) is 0 Å². The molecule has 0 spiro atoms. The van der Waals surface area contributed by atoms with Crippen molar-refractivity contribution in [2.24, 2.45) is 0 Å². The van der Waals surface area contributed by atoms with Crippen LogP contribution in [0, 0.1) is 0 Å². The second kappa shape index (κ2) is 9.56.